The molecule has 6 heterocycles. The summed E-state index contributed by atoms with van der Waals surface area (Å²) in [5.74, 6) is 1.78. The minimum absolute atomic E-state index is 0.148. The first-order valence-electron chi connectivity index (χ1n) is 14.2. The van der Waals surface area contributed by atoms with Crippen LogP contribution in [0.1, 0.15) is 37.3 Å². The molecule has 7 rings (SSSR count). The molecule has 0 bridgehead atoms. The van der Waals surface area contributed by atoms with Gasteiger partial charge in [-0.15, -0.1) is 0 Å². The third-order valence-corrected chi connectivity index (χ3v) is 8.50. The smallest absolute Gasteiger partial charge is 0.230 e. The largest absolute Gasteiger partial charge is 0.384 e. The molecule has 0 aromatic carbocycles. The van der Waals surface area contributed by atoms with E-state index in [1.54, 1.807) is 10.6 Å². The van der Waals surface area contributed by atoms with E-state index in [0.29, 0.717) is 46.2 Å². The number of fused-ring (bicyclic) bond motifs is 1. The zero-order valence-electron chi connectivity index (χ0n) is 22.8. The van der Waals surface area contributed by atoms with Crippen LogP contribution in [-0.2, 0) is 0 Å². The predicted octanol–water partition coefficient (Wildman–Crippen LogP) is 3.77. The molecule has 0 spiro atoms. The Hall–Kier alpha value is -3.83. The number of pyridine rings is 2. The first-order chi connectivity index (χ1) is 19.5. The van der Waals surface area contributed by atoms with E-state index in [1.165, 1.54) is 32.1 Å². The van der Waals surface area contributed by atoms with Crippen molar-refractivity contribution in [3.8, 4) is 5.82 Å². The highest BCUT2D eigenvalue weighted by Gasteiger charge is 2.34. The van der Waals surface area contributed by atoms with Gasteiger partial charge in [-0.05, 0) is 57.0 Å². The lowest BCUT2D eigenvalue weighted by Crippen LogP contribution is -2.52. The predicted molar refractivity (Wildman–Crippen MR) is 155 cm³/mol. The fourth-order valence-corrected chi connectivity index (χ4v) is 6.06. The second-order valence-electron chi connectivity index (χ2n) is 11.2. The third-order valence-electron chi connectivity index (χ3n) is 8.50. The van der Waals surface area contributed by atoms with E-state index in [2.05, 4.69) is 48.1 Å². The summed E-state index contributed by atoms with van der Waals surface area (Å²) < 4.78 is 17.3. The van der Waals surface area contributed by atoms with E-state index < -0.39 is 0 Å². The molecular weight excluding hydrogens is 507 g/mol. The molecule has 0 atom stereocenters. The van der Waals surface area contributed by atoms with E-state index in [1.807, 2.05) is 24.4 Å². The maximum absolute atomic E-state index is 15.5. The maximum atomic E-state index is 15.5. The van der Waals surface area contributed by atoms with Crippen LogP contribution < -0.4 is 16.0 Å². The lowest BCUT2D eigenvalue weighted by molar-refractivity contribution is 0.0982. The highest BCUT2D eigenvalue weighted by atomic mass is 19.1. The quantitative estimate of drug-likeness (QED) is 0.377. The molecule has 0 radical (unpaired) electrons. The van der Waals surface area contributed by atoms with E-state index in [-0.39, 0.29) is 11.7 Å². The van der Waals surface area contributed by atoms with Crippen LogP contribution in [0.5, 0.6) is 0 Å². The zero-order chi connectivity index (χ0) is 27.2. The van der Waals surface area contributed by atoms with Crippen molar-refractivity contribution >= 4 is 34.3 Å². The fourth-order valence-electron chi connectivity index (χ4n) is 6.06. The van der Waals surface area contributed by atoms with Gasteiger partial charge in [0.15, 0.2) is 11.5 Å². The van der Waals surface area contributed by atoms with Crippen molar-refractivity contribution < 1.29 is 4.39 Å². The van der Waals surface area contributed by atoms with Gasteiger partial charge in [-0.2, -0.15) is 4.98 Å². The van der Waals surface area contributed by atoms with Crippen molar-refractivity contribution in [3.63, 3.8) is 0 Å². The number of nitrogens with zero attached hydrogens (tertiary/aromatic N) is 8. The van der Waals surface area contributed by atoms with E-state index in [0.717, 1.165) is 44.7 Å². The molecule has 1 saturated carbocycles. The molecular formula is C29H35FN10. The van der Waals surface area contributed by atoms with Gasteiger partial charge in [0, 0.05) is 57.4 Å². The van der Waals surface area contributed by atoms with E-state index >= 15 is 4.39 Å². The van der Waals surface area contributed by atoms with Gasteiger partial charge < -0.3 is 20.9 Å². The maximum Gasteiger partial charge on any atom is 0.230 e. The van der Waals surface area contributed by atoms with Crippen LogP contribution in [0, 0.1) is 5.82 Å². The van der Waals surface area contributed by atoms with Crippen molar-refractivity contribution in [2.24, 2.45) is 0 Å². The van der Waals surface area contributed by atoms with Gasteiger partial charge in [-0.1, -0.05) is 6.07 Å². The summed E-state index contributed by atoms with van der Waals surface area (Å²) in [6.45, 7) is 6.74. The van der Waals surface area contributed by atoms with E-state index in [4.69, 9.17) is 10.7 Å². The van der Waals surface area contributed by atoms with Crippen LogP contribution in [0.15, 0.2) is 42.7 Å². The SMILES string of the molecule is CN1CCN(C2CCN(c3ccc(Nc4ncc5c(F)c(C6CC6)n(-c6cccc(N)n6)c5n4)nc3)CC2)CC1. The van der Waals surface area contributed by atoms with Gasteiger partial charge in [0.2, 0.25) is 5.95 Å². The number of anilines is 4. The molecule has 0 amide bonds. The molecule has 4 aromatic rings. The number of aromatic nitrogens is 5. The standard InChI is InChI=1S/C29H35FN10/c1-37-13-15-39(16-14-37)20-9-11-38(12-10-20)21-7-8-24(32-17-21)35-29-33-18-22-26(30)27(19-5-6-19)40(28(22)36-29)25-4-2-3-23(31)34-25/h2-4,7-8,17-20H,5-6,9-16H2,1H3,(H2,31,34)(H,32,33,35,36). The molecule has 3 aliphatic rings. The highest BCUT2D eigenvalue weighted by molar-refractivity contribution is 5.81. The Balaban J connectivity index is 1.07. The Morgan fingerprint density at radius 1 is 0.900 bits per heavy atom. The lowest BCUT2D eigenvalue weighted by Gasteiger charge is -2.42. The van der Waals surface area contributed by atoms with Gasteiger partial charge in [-0.3, -0.25) is 9.47 Å². The molecule has 208 valence electrons. The molecule has 3 fully saturated rings. The molecule has 2 saturated heterocycles. The van der Waals surface area contributed by atoms with Crippen LogP contribution in [0.25, 0.3) is 16.9 Å². The number of nitrogens with one attached hydrogen (secondary N) is 1. The second-order valence-corrected chi connectivity index (χ2v) is 11.2. The average Bonchev–Trinajstić information content (AvgIpc) is 3.77. The number of hydrogen-bond donors (Lipinski definition) is 2. The van der Waals surface area contributed by atoms with Crippen LogP contribution in [-0.4, -0.2) is 86.7 Å². The summed E-state index contributed by atoms with van der Waals surface area (Å²) in [5, 5.41) is 3.58. The number of halogens is 1. The Kier molecular flexibility index (Phi) is 6.47. The van der Waals surface area contributed by atoms with Gasteiger partial charge in [0.1, 0.15) is 17.5 Å². The van der Waals surface area contributed by atoms with Gasteiger partial charge in [0.25, 0.3) is 0 Å². The molecule has 4 aromatic heterocycles. The van der Waals surface area contributed by atoms with Gasteiger partial charge in [-0.25, -0.2) is 19.3 Å². The van der Waals surface area contributed by atoms with E-state index in [9.17, 15) is 0 Å². The Labute approximate surface area is 233 Å². The van der Waals surface area contributed by atoms with Crippen LogP contribution in [0.4, 0.5) is 27.7 Å². The zero-order valence-corrected chi connectivity index (χ0v) is 22.8. The Morgan fingerprint density at radius 3 is 2.40 bits per heavy atom. The summed E-state index contributed by atoms with van der Waals surface area (Å²) >= 11 is 0. The molecule has 40 heavy (non-hydrogen) atoms. The summed E-state index contributed by atoms with van der Waals surface area (Å²) in [6, 6.07) is 10.1. The van der Waals surface area contributed by atoms with Crippen LogP contribution >= 0.6 is 0 Å². The van der Waals surface area contributed by atoms with Crippen molar-refractivity contribution in [1.29, 1.82) is 0 Å². The lowest BCUT2D eigenvalue weighted by atomic mass is 10.0. The topological polar surface area (TPSA) is 104 Å². The number of nitrogen functional groups attached to an aromatic ring is 1. The molecule has 1 aliphatic carbocycles. The average molecular weight is 543 g/mol. The number of rotatable bonds is 6. The molecule has 2 aliphatic heterocycles. The van der Waals surface area contributed by atoms with Crippen LogP contribution in [0.3, 0.4) is 0 Å². The molecule has 10 nitrogen and oxygen atoms in total. The van der Waals surface area contributed by atoms with Gasteiger partial charge >= 0.3 is 0 Å². The number of hydrogen-bond acceptors (Lipinski definition) is 9. The summed E-state index contributed by atoms with van der Waals surface area (Å²) in [7, 11) is 2.21. The summed E-state index contributed by atoms with van der Waals surface area (Å²) in [5.41, 5.74) is 8.14. The number of piperazine rings is 1. The molecule has 11 heteroatoms. The van der Waals surface area contributed by atoms with Crippen molar-refractivity contribution in [3.05, 3.63) is 54.2 Å². The third kappa shape index (κ3) is 4.84. The summed E-state index contributed by atoms with van der Waals surface area (Å²) in [4.78, 5) is 25.7. The normalized spacial score (nSPS) is 19.4. The minimum atomic E-state index is -0.285. The number of likely N-dealkylation sites (N-methyl/N-ethyl adjacent to an activating group) is 1. The second kappa shape index (κ2) is 10.3. The first kappa shape index (κ1) is 25.2. The summed E-state index contributed by atoms with van der Waals surface area (Å²) in [6.07, 6.45) is 7.68. The van der Waals surface area contributed by atoms with Crippen molar-refractivity contribution in [2.75, 3.05) is 62.3 Å². The molecule has 3 N–H and O–H groups in total. The number of piperidine rings is 1. The van der Waals surface area contributed by atoms with Crippen LogP contribution in [0.2, 0.25) is 0 Å². The highest BCUT2D eigenvalue weighted by Crippen LogP contribution is 2.45. The molecule has 0 unspecified atom stereocenters. The van der Waals surface area contributed by atoms with Crippen molar-refractivity contribution in [1.82, 2.24) is 34.3 Å². The fraction of sp³-hybridized carbons (Fsp3) is 0.448. The minimum Gasteiger partial charge on any atom is -0.384 e. The first-order valence-corrected chi connectivity index (χ1v) is 14.2. The van der Waals surface area contributed by atoms with Crippen molar-refractivity contribution in [2.45, 2.75) is 37.6 Å². The monoisotopic (exact) mass is 542 g/mol. The van der Waals surface area contributed by atoms with Gasteiger partial charge in [0.05, 0.1) is 23.0 Å². The Bertz CT molecular complexity index is 1500. The number of nitrogens with two attached hydrogens (primary N) is 1. The Morgan fingerprint density at radius 2 is 1.70 bits per heavy atom.